The predicted octanol–water partition coefficient (Wildman–Crippen LogP) is 3.05. The highest BCUT2D eigenvalue weighted by atomic mass is 79.9. The maximum Gasteiger partial charge on any atom is 0.434 e. The Kier molecular flexibility index (Phi) is 2.67. The summed E-state index contributed by atoms with van der Waals surface area (Å²) in [6.45, 7) is 0. The average molecular weight is 265 g/mol. The maximum atomic E-state index is 11.9. The van der Waals surface area contributed by atoms with Crippen molar-refractivity contribution in [2.75, 3.05) is 0 Å². The van der Waals surface area contributed by atoms with Crippen LogP contribution in [0.3, 0.4) is 0 Å². The van der Waals surface area contributed by atoms with Gasteiger partial charge in [-0.3, -0.25) is 0 Å². The van der Waals surface area contributed by atoms with E-state index in [1.807, 2.05) is 0 Å². The first kappa shape index (κ1) is 9.85. The van der Waals surface area contributed by atoms with Crippen LogP contribution in [0.2, 0.25) is 0 Å². The highest BCUT2D eigenvalue weighted by Crippen LogP contribution is 2.31. The molecule has 0 atom stereocenters. The van der Waals surface area contributed by atoms with Gasteiger partial charge in [-0.25, -0.2) is 8.96 Å². The Morgan fingerprint density at radius 1 is 1.50 bits per heavy atom. The Morgan fingerprint density at radius 2 is 2.08 bits per heavy atom. The van der Waals surface area contributed by atoms with E-state index in [-0.39, 0.29) is 17.1 Å². The van der Waals surface area contributed by atoms with E-state index in [1.54, 1.807) is 0 Å². The van der Waals surface area contributed by atoms with Gasteiger partial charge in [-0.2, -0.15) is 13.2 Å². The third-order valence-corrected chi connectivity index (χ3v) is 2.22. The second kappa shape index (κ2) is 3.25. The highest BCUT2D eigenvalue weighted by molar-refractivity contribution is 9.10. The van der Waals surface area contributed by atoms with Crippen LogP contribution in [0, 0.1) is 0 Å². The number of halogens is 5. The summed E-state index contributed by atoms with van der Waals surface area (Å²) in [5.41, 5.74) is -1.13. The molecule has 0 aromatic carbocycles. The van der Waals surface area contributed by atoms with Crippen molar-refractivity contribution in [1.82, 2.24) is 8.96 Å². The fraction of sp³-hybridized carbons (Fsp3) is 0.250. The lowest BCUT2D eigenvalue weighted by Crippen LogP contribution is -2.04. The van der Waals surface area contributed by atoms with E-state index >= 15 is 0 Å². The molecule has 0 fully saturated rings. The molecule has 0 aliphatic carbocycles. The molecule has 1 heterocycles. The number of hydrogen-bond acceptors (Lipinski definition) is 2. The molecule has 1 aromatic heterocycles. The molecule has 12 heavy (non-hydrogen) atoms. The molecule has 0 radical (unpaired) electrons. The molecule has 0 N–H and O–H groups in total. The summed E-state index contributed by atoms with van der Waals surface area (Å²) in [5, 5.41) is 0. The van der Waals surface area contributed by atoms with Crippen LogP contribution in [0.25, 0.3) is 0 Å². The van der Waals surface area contributed by atoms with Gasteiger partial charge in [-0.1, -0.05) is 0 Å². The van der Waals surface area contributed by atoms with E-state index in [0.29, 0.717) is 10.2 Å². The van der Waals surface area contributed by atoms with Crippen molar-refractivity contribution in [2.45, 2.75) is 6.18 Å². The molecular weight excluding hydrogens is 264 g/mol. The molecule has 8 heteroatoms. The fourth-order valence-electron chi connectivity index (χ4n) is 0.527. The molecule has 0 spiro atoms. The summed E-state index contributed by atoms with van der Waals surface area (Å²) in [6.07, 6.45) is -3.97. The first-order chi connectivity index (χ1) is 5.45. The number of imidazole rings is 1. The van der Waals surface area contributed by atoms with E-state index in [0.717, 1.165) is 0 Å². The quantitative estimate of drug-likeness (QED) is 0.726. The fourth-order valence-corrected chi connectivity index (χ4v) is 1.22. The van der Waals surface area contributed by atoms with Crippen LogP contribution >= 0.6 is 28.3 Å². The van der Waals surface area contributed by atoms with Gasteiger partial charge >= 0.3 is 6.18 Å². The Labute approximate surface area is 77.5 Å². The van der Waals surface area contributed by atoms with Crippen LogP contribution < -0.4 is 0 Å². The molecule has 0 amide bonds. The van der Waals surface area contributed by atoms with E-state index in [1.165, 1.54) is 0 Å². The molecule has 68 valence electrons. The van der Waals surface area contributed by atoms with Gasteiger partial charge in [-0.15, -0.1) is 3.89 Å². The normalized spacial score (nSPS) is 12.1. The van der Waals surface area contributed by atoms with E-state index in [9.17, 15) is 17.1 Å². The van der Waals surface area contributed by atoms with Crippen LogP contribution in [0.1, 0.15) is 5.69 Å². The maximum absolute atomic E-state index is 11.9. The summed E-state index contributed by atoms with van der Waals surface area (Å²) in [6, 6.07) is 0. The SMILES string of the molecule is FSn1cc(C(F)(F)F)nc1Br. The summed E-state index contributed by atoms with van der Waals surface area (Å²) < 4.78 is 47.9. The number of nitrogens with zero attached hydrogens (tertiary/aromatic N) is 2. The molecule has 1 rings (SSSR count). The van der Waals surface area contributed by atoms with Crippen molar-refractivity contribution in [3.63, 3.8) is 0 Å². The Hall–Kier alpha value is -0.240. The minimum absolute atomic E-state index is 0.206. The standard InChI is InChI=1S/C4HBrF4N2S/c5-3-10-2(4(6,7)8)1-11(3)12-9/h1H. The van der Waals surface area contributed by atoms with Gasteiger partial charge in [0.25, 0.3) is 0 Å². The second-order valence-corrected chi connectivity index (χ2v) is 3.03. The third-order valence-electron chi connectivity index (χ3n) is 0.999. The molecular formula is C4HBrF4N2S. The van der Waals surface area contributed by atoms with E-state index in [4.69, 9.17) is 0 Å². The molecule has 1 aromatic rings. The average Bonchev–Trinajstić information content (AvgIpc) is 2.29. The van der Waals surface area contributed by atoms with Gasteiger partial charge < -0.3 is 0 Å². The lowest BCUT2D eigenvalue weighted by molar-refractivity contribution is -0.140. The lowest BCUT2D eigenvalue weighted by atomic mass is 10.5. The van der Waals surface area contributed by atoms with Crippen molar-refractivity contribution in [3.05, 3.63) is 16.6 Å². The van der Waals surface area contributed by atoms with Crippen LogP contribution in [0.15, 0.2) is 10.9 Å². The van der Waals surface area contributed by atoms with Gasteiger partial charge in [0, 0.05) is 0 Å². The minimum Gasteiger partial charge on any atom is -0.240 e. The van der Waals surface area contributed by atoms with Gasteiger partial charge in [0.1, 0.15) is 0 Å². The van der Waals surface area contributed by atoms with Crippen LogP contribution in [-0.2, 0) is 6.18 Å². The van der Waals surface area contributed by atoms with E-state index in [2.05, 4.69) is 20.9 Å². The van der Waals surface area contributed by atoms with Gasteiger partial charge in [0.05, 0.1) is 6.20 Å². The summed E-state index contributed by atoms with van der Waals surface area (Å²) in [4.78, 5) is 3.05. The zero-order valence-electron chi connectivity index (χ0n) is 5.27. The van der Waals surface area contributed by atoms with Crippen LogP contribution in [0.4, 0.5) is 17.1 Å². The summed E-state index contributed by atoms with van der Waals surface area (Å²) in [7, 11) is 0. The van der Waals surface area contributed by atoms with E-state index < -0.39 is 11.9 Å². The van der Waals surface area contributed by atoms with Crippen LogP contribution in [0.5, 0.6) is 0 Å². The zero-order valence-corrected chi connectivity index (χ0v) is 7.67. The van der Waals surface area contributed by atoms with Crippen molar-refractivity contribution < 1.29 is 17.1 Å². The smallest absolute Gasteiger partial charge is 0.240 e. The highest BCUT2D eigenvalue weighted by Gasteiger charge is 2.34. The third kappa shape index (κ3) is 1.92. The van der Waals surface area contributed by atoms with Crippen molar-refractivity contribution in [2.24, 2.45) is 0 Å². The minimum atomic E-state index is -4.54. The summed E-state index contributed by atoms with van der Waals surface area (Å²) >= 11 is 2.30. The number of rotatable bonds is 1. The van der Waals surface area contributed by atoms with Crippen LogP contribution in [-0.4, -0.2) is 8.96 Å². The monoisotopic (exact) mass is 264 g/mol. The molecule has 2 nitrogen and oxygen atoms in total. The Morgan fingerprint density at radius 3 is 2.33 bits per heavy atom. The lowest BCUT2D eigenvalue weighted by Gasteiger charge is -1.98. The molecule has 0 aliphatic heterocycles. The Balaban J connectivity index is 3.05. The Bertz CT molecular complexity index is 283. The van der Waals surface area contributed by atoms with Gasteiger partial charge in [0.15, 0.2) is 22.8 Å². The molecule has 0 bridgehead atoms. The van der Waals surface area contributed by atoms with Crippen molar-refractivity contribution in [1.29, 1.82) is 0 Å². The predicted molar refractivity (Wildman–Crippen MR) is 39.0 cm³/mol. The first-order valence-corrected chi connectivity index (χ1v) is 4.03. The molecule has 0 unspecified atom stereocenters. The summed E-state index contributed by atoms with van der Waals surface area (Å²) in [5.74, 6) is 0. The topological polar surface area (TPSA) is 17.8 Å². The van der Waals surface area contributed by atoms with Crippen molar-refractivity contribution >= 4 is 28.3 Å². The van der Waals surface area contributed by atoms with Gasteiger partial charge in [-0.05, 0) is 15.9 Å². The second-order valence-electron chi connectivity index (χ2n) is 1.79. The molecule has 0 aliphatic rings. The molecule has 0 saturated heterocycles. The zero-order chi connectivity index (χ0) is 9.35. The van der Waals surface area contributed by atoms with Crippen molar-refractivity contribution in [3.8, 4) is 0 Å². The first-order valence-electron chi connectivity index (χ1n) is 2.56. The number of aromatic nitrogens is 2. The van der Waals surface area contributed by atoms with Gasteiger partial charge in [0.2, 0.25) is 0 Å². The largest absolute Gasteiger partial charge is 0.434 e. The molecule has 0 saturated carbocycles. The number of hydrogen-bond donors (Lipinski definition) is 0. The number of alkyl halides is 3.